The predicted octanol–water partition coefficient (Wildman–Crippen LogP) is 4.27. The largest absolute Gasteiger partial charge is 0.220 e. The van der Waals surface area contributed by atoms with Crippen LogP contribution < -0.4 is 0 Å². The predicted molar refractivity (Wildman–Crippen MR) is 80.8 cm³/mol. The van der Waals surface area contributed by atoms with Crippen LogP contribution in [0.1, 0.15) is 23.9 Å². The van der Waals surface area contributed by atoms with Gasteiger partial charge in [0.1, 0.15) is 0 Å². The fourth-order valence-electron chi connectivity index (χ4n) is 2.07. The molecule has 0 fully saturated rings. The molecule has 96 valence electrons. The van der Waals surface area contributed by atoms with Gasteiger partial charge in [-0.2, -0.15) is 0 Å². The van der Waals surface area contributed by atoms with Crippen molar-refractivity contribution in [3.05, 3.63) is 54.4 Å². The zero-order valence-corrected chi connectivity index (χ0v) is 12.2. The van der Waals surface area contributed by atoms with Gasteiger partial charge in [0.15, 0.2) is 0 Å². The van der Waals surface area contributed by atoms with Crippen molar-refractivity contribution in [2.75, 3.05) is 0 Å². The lowest BCUT2D eigenvalue weighted by molar-refractivity contribution is 0.791. The Morgan fingerprint density at radius 3 is 2.74 bits per heavy atom. The average molecular weight is 316 g/mol. The number of fused-ring (bicyclic) bond motifs is 1. The molecular formula is C15H14BrN3. The number of alkyl halides is 1. The SMILES string of the molecule is CCC(Br)c1cn(-c2ccc3ccccc3c2)nn1. The van der Waals surface area contributed by atoms with Crippen molar-refractivity contribution in [1.82, 2.24) is 15.0 Å². The minimum absolute atomic E-state index is 0.265. The van der Waals surface area contributed by atoms with E-state index in [1.165, 1.54) is 10.8 Å². The standard InChI is InChI=1S/C15H14BrN3/c1-2-14(16)15-10-19(18-17-15)13-8-7-11-5-3-4-6-12(11)9-13/h3-10,14H,2H2,1H3. The maximum atomic E-state index is 4.21. The number of rotatable bonds is 3. The smallest absolute Gasteiger partial charge is 0.0967 e. The monoisotopic (exact) mass is 315 g/mol. The van der Waals surface area contributed by atoms with E-state index in [2.05, 4.69) is 63.5 Å². The number of nitrogens with zero attached hydrogens (tertiary/aromatic N) is 3. The fourth-order valence-corrected chi connectivity index (χ4v) is 2.28. The Bertz CT molecular complexity index is 705. The Morgan fingerprint density at radius 1 is 1.16 bits per heavy atom. The van der Waals surface area contributed by atoms with Gasteiger partial charge in [-0.1, -0.05) is 58.4 Å². The van der Waals surface area contributed by atoms with E-state index in [4.69, 9.17) is 0 Å². The Morgan fingerprint density at radius 2 is 1.95 bits per heavy atom. The summed E-state index contributed by atoms with van der Waals surface area (Å²) in [5.74, 6) is 0. The van der Waals surface area contributed by atoms with Crippen LogP contribution in [0.25, 0.3) is 16.5 Å². The van der Waals surface area contributed by atoms with Crippen LogP contribution >= 0.6 is 15.9 Å². The highest BCUT2D eigenvalue weighted by Crippen LogP contribution is 2.24. The van der Waals surface area contributed by atoms with Gasteiger partial charge in [-0.15, -0.1) is 5.10 Å². The summed E-state index contributed by atoms with van der Waals surface area (Å²) < 4.78 is 1.83. The van der Waals surface area contributed by atoms with Crippen molar-refractivity contribution >= 4 is 26.7 Å². The Hall–Kier alpha value is -1.68. The van der Waals surface area contributed by atoms with Gasteiger partial charge in [0, 0.05) is 0 Å². The molecule has 0 aliphatic rings. The molecule has 3 nitrogen and oxygen atoms in total. The third-order valence-corrected chi connectivity index (χ3v) is 4.30. The van der Waals surface area contributed by atoms with Crippen molar-refractivity contribution < 1.29 is 0 Å². The summed E-state index contributed by atoms with van der Waals surface area (Å²) in [4.78, 5) is 0.265. The number of aromatic nitrogens is 3. The summed E-state index contributed by atoms with van der Waals surface area (Å²) >= 11 is 3.59. The fraction of sp³-hybridized carbons (Fsp3) is 0.200. The normalized spacial score (nSPS) is 12.7. The highest BCUT2D eigenvalue weighted by Gasteiger charge is 2.10. The second kappa shape index (κ2) is 5.13. The van der Waals surface area contributed by atoms with E-state index < -0.39 is 0 Å². The summed E-state index contributed by atoms with van der Waals surface area (Å²) in [6, 6.07) is 14.6. The summed E-state index contributed by atoms with van der Waals surface area (Å²) in [6.45, 7) is 2.12. The molecule has 0 N–H and O–H groups in total. The molecule has 0 saturated heterocycles. The van der Waals surface area contributed by atoms with Gasteiger partial charge in [-0.3, -0.25) is 0 Å². The minimum atomic E-state index is 0.265. The zero-order valence-electron chi connectivity index (χ0n) is 10.6. The van der Waals surface area contributed by atoms with Crippen molar-refractivity contribution in [3.63, 3.8) is 0 Å². The van der Waals surface area contributed by atoms with Gasteiger partial charge < -0.3 is 0 Å². The molecular weight excluding hydrogens is 302 g/mol. The molecule has 1 aromatic heterocycles. The molecule has 3 aromatic rings. The van der Waals surface area contributed by atoms with E-state index in [-0.39, 0.29) is 4.83 Å². The van der Waals surface area contributed by atoms with E-state index in [9.17, 15) is 0 Å². The molecule has 1 unspecified atom stereocenters. The lowest BCUT2D eigenvalue weighted by atomic mass is 10.1. The molecule has 0 aliphatic carbocycles. The molecule has 4 heteroatoms. The van der Waals surface area contributed by atoms with Crippen LogP contribution in [-0.4, -0.2) is 15.0 Å². The number of benzene rings is 2. The first-order chi connectivity index (χ1) is 9.28. The van der Waals surface area contributed by atoms with Crippen LogP contribution in [0.5, 0.6) is 0 Å². The summed E-state index contributed by atoms with van der Waals surface area (Å²) in [6.07, 6.45) is 2.98. The molecule has 1 atom stereocenters. The van der Waals surface area contributed by atoms with Gasteiger partial charge in [0.05, 0.1) is 22.4 Å². The lowest BCUT2D eigenvalue weighted by Gasteiger charge is -2.03. The zero-order chi connectivity index (χ0) is 13.2. The topological polar surface area (TPSA) is 30.7 Å². The summed E-state index contributed by atoms with van der Waals surface area (Å²) in [5, 5.41) is 10.9. The van der Waals surface area contributed by atoms with Crippen LogP contribution in [0.15, 0.2) is 48.7 Å². The molecule has 0 saturated carbocycles. The quantitative estimate of drug-likeness (QED) is 0.676. The number of hydrogen-bond acceptors (Lipinski definition) is 2. The first kappa shape index (κ1) is 12.4. The van der Waals surface area contributed by atoms with Crippen LogP contribution in [0.2, 0.25) is 0 Å². The van der Waals surface area contributed by atoms with Gasteiger partial charge in [0.25, 0.3) is 0 Å². The average Bonchev–Trinajstić information content (AvgIpc) is 2.95. The second-order valence-corrected chi connectivity index (χ2v) is 5.60. The molecule has 19 heavy (non-hydrogen) atoms. The highest BCUT2D eigenvalue weighted by atomic mass is 79.9. The molecule has 0 radical (unpaired) electrons. The minimum Gasteiger partial charge on any atom is -0.220 e. The van der Waals surface area contributed by atoms with Gasteiger partial charge in [-0.05, 0) is 29.3 Å². The maximum absolute atomic E-state index is 4.21. The van der Waals surface area contributed by atoms with Gasteiger partial charge in [-0.25, -0.2) is 4.68 Å². The second-order valence-electron chi connectivity index (χ2n) is 4.50. The van der Waals surface area contributed by atoms with E-state index in [0.717, 1.165) is 17.8 Å². The third-order valence-electron chi connectivity index (χ3n) is 3.19. The van der Waals surface area contributed by atoms with Crippen molar-refractivity contribution in [2.45, 2.75) is 18.2 Å². The van der Waals surface area contributed by atoms with Gasteiger partial charge in [0.2, 0.25) is 0 Å². The molecule has 0 bridgehead atoms. The van der Waals surface area contributed by atoms with Crippen molar-refractivity contribution in [1.29, 1.82) is 0 Å². The number of halogens is 1. The van der Waals surface area contributed by atoms with E-state index in [0.29, 0.717) is 0 Å². The van der Waals surface area contributed by atoms with E-state index in [1.807, 2.05) is 23.0 Å². The Kier molecular flexibility index (Phi) is 3.34. The molecule has 0 aliphatic heterocycles. The van der Waals surface area contributed by atoms with Crippen LogP contribution in [0.3, 0.4) is 0 Å². The van der Waals surface area contributed by atoms with E-state index >= 15 is 0 Å². The Labute approximate surface area is 120 Å². The van der Waals surface area contributed by atoms with Crippen molar-refractivity contribution in [3.8, 4) is 5.69 Å². The number of hydrogen-bond donors (Lipinski definition) is 0. The van der Waals surface area contributed by atoms with Crippen molar-refractivity contribution in [2.24, 2.45) is 0 Å². The first-order valence-electron chi connectivity index (χ1n) is 6.33. The first-order valence-corrected chi connectivity index (χ1v) is 7.25. The molecule has 0 amide bonds. The van der Waals surface area contributed by atoms with Crippen LogP contribution in [0.4, 0.5) is 0 Å². The molecule has 2 aromatic carbocycles. The summed E-state index contributed by atoms with van der Waals surface area (Å²) in [5.41, 5.74) is 2.00. The molecule has 3 rings (SSSR count). The maximum Gasteiger partial charge on any atom is 0.0967 e. The van der Waals surface area contributed by atoms with Gasteiger partial charge >= 0.3 is 0 Å². The molecule has 1 heterocycles. The third kappa shape index (κ3) is 2.40. The van der Waals surface area contributed by atoms with Crippen LogP contribution in [0, 0.1) is 0 Å². The lowest BCUT2D eigenvalue weighted by Crippen LogP contribution is -1.94. The Balaban J connectivity index is 2.01. The van der Waals surface area contributed by atoms with Crippen LogP contribution in [-0.2, 0) is 0 Å². The van der Waals surface area contributed by atoms with E-state index in [1.54, 1.807) is 0 Å². The molecule has 0 spiro atoms. The highest BCUT2D eigenvalue weighted by molar-refractivity contribution is 9.09. The summed E-state index contributed by atoms with van der Waals surface area (Å²) in [7, 11) is 0.